The zero-order valence-electron chi connectivity index (χ0n) is 12.9. The lowest BCUT2D eigenvalue weighted by atomic mass is 9.97. The highest BCUT2D eigenvalue weighted by molar-refractivity contribution is 5.97. The van der Waals surface area contributed by atoms with Gasteiger partial charge in [0, 0.05) is 18.9 Å². The molecular formula is C15H21N3O4. The fourth-order valence-corrected chi connectivity index (χ4v) is 1.56. The van der Waals surface area contributed by atoms with E-state index < -0.39 is 23.8 Å². The number of carbonyl (C=O) groups excluding carboxylic acids is 2. The summed E-state index contributed by atoms with van der Waals surface area (Å²) < 4.78 is 0. The number of hydrogen-bond acceptors (Lipinski definition) is 4. The molecule has 3 N–H and O–H groups in total. The van der Waals surface area contributed by atoms with E-state index in [4.69, 9.17) is 5.11 Å². The monoisotopic (exact) mass is 307 g/mol. The Balaban J connectivity index is 2.61. The van der Waals surface area contributed by atoms with Crippen molar-refractivity contribution in [1.82, 2.24) is 15.6 Å². The second-order valence-electron chi connectivity index (χ2n) is 6.15. The fraction of sp³-hybridized carbons (Fsp3) is 0.467. The fourth-order valence-electron chi connectivity index (χ4n) is 1.56. The minimum absolute atomic E-state index is 0.104. The van der Waals surface area contributed by atoms with Crippen molar-refractivity contribution in [3.05, 3.63) is 30.1 Å². The molecule has 2 amide bonds. The summed E-state index contributed by atoms with van der Waals surface area (Å²) in [5, 5.41) is 14.1. The summed E-state index contributed by atoms with van der Waals surface area (Å²) >= 11 is 0. The number of amides is 2. The van der Waals surface area contributed by atoms with Crippen LogP contribution in [0, 0.1) is 5.41 Å². The first-order valence-corrected chi connectivity index (χ1v) is 6.89. The van der Waals surface area contributed by atoms with Crippen LogP contribution in [-0.2, 0) is 9.59 Å². The highest BCUT2D eigenvalue weighted by Gasteiger charge is 2.24. The first-order chi connectivity index (χ1) is 10.2. The molecule has 7 heteroatoms. The number of carboxylic acid groups (broad SMARTS) is 1. The zero-order valence-corrected chi connectivity index (χ0v) is 12.9. The molecule has 7 nitrogen and oxygen atoms in total. The molecule has 0 unspecified atom stereocenters. The summed E-state index contributed by atoms with van der Waals surface area (Å²) in [7, 11) is 0. The van der Waals surface area contributed by atoms with Crippen LogP contribution in [0.2, 0.25) is 0 Å². The molecule has 0 fully saturated rings. The van der Waals surface area contributed by atoms with Gasteiger partial charge < -0.3 is 15.7 Å². The molecule has 0 saturated heterocycles. The average molecular weight is 307 g/mol. The summed E-state index contributed by atoms with van der Waals surface area (Å²) in [6.07, 6.45) is 2.51. The number of pyridine rings is 1. The quantitative estimate of drug-likeness (QED) is 0.721. The van der Waals surface area contributed by atoms with Crippen molar-refractivity contribution in [1.29, 1.82) is 0 Å². The van der Waals surface area contributed by atoms with Crippen molar-refractivity contribution >= 4 is 17.8 Å². The Bertz CT molecular complexity index is 537. The zero-order chi connectivity index (χ0) is 16.8. The summed E-state index contributed by atoms with van der Waals surface area (Å²) in [5.41, 5.74) is 0.136. The van der Waals surface area contributed by atoms with Crippen molar-refractivity contribution in [2.45, 2.75) is 33.2 Å². The lowest BCUT2D eigenvalue weighted by Gasteiger charge is -2.20. The van der Waals surface area contributed by atoms with Gasteiger partial charge >= 0.3 is 5.97 Å². The first kappa shape index (κ1) is 17.6. The SMILES string of the molecule is CC(C)(C)CNC(=O)C[C@H](NC(=O)c1cccnc1)C(=O)O. The standard InChI is InChI=1S/C15H21N3O4/c1-15(2,3)9-17-12(19)7-11(14(21)22)18-13(20)10-5-4-6-16-8-10/h4-6,8,11H,7,9H2,1-3H3,(H,17,19)(H,18,20)(H,21,22)/t11-/m0/s1. The van der Waals surface area contributed by atoms with Crippen LogP contribution >= 0.6 is 0 Å². The van der Waals surface area contributed by atoms with Crippen LogP contribution in [0.25, 0.3) is 0 Å². The van der Waals surface area contributed by atoms with Crippen LogP contribution in [-0.4, -0.2) is 40.5 Å². The molecule has 0 saturated carbocycles. The highest BCUT2D eigenvalue weighted by atomic mass is 16.4. The third-order valence-corrected chi connectivity index (χ3v) is 2.73. The van der Waals surface area contributed by atoms with Crippen LogP contribution in [0.4, 0.5) is 0 Å². The summed E-state index contributed by atoms with van der Waals surface area (Å²) in [6.45, 7) is 6.28. The predicted octanol–water partition coefficient (Wildman–Crippen LogP) is 0.817. The Hall–Kier alpha value is -2.44. The number of rotatable bonds is 6. The summed E-state index contributed by atoms with van der Waals surface area (Å²) in [5.74, 6) is -2.26. The van der Waals surface area contributed by atoms with Crippen molar-refractivity contribution in [2.24, 2.45) is 5.41 Å². The van der Waals surface area contributed by atoms with E-state index in [-0.39, 0.29) is 17.4 Å². The van der Waals surface area contributed by atoms with Gasteiger partial charge in [-0.3, -0.25) is 14.6 Å². The Labute approximate surface area is 129 Å². The molecule has 120 valence electrons. The van der Waals surface area contributed by atoms with Gasteiger partial charge in [0.15, 0.2) is 0 Å². The maximum atomic E-state index is 11.9. The molecule has 1 aromatic rings. The Kier molecular flexibility index (Phi) is 6.03. The smallest absolute Gasteiger partial charge is 0.326 e. The Morgan fingerprint density at radius 2 is 2.00 bits per heavy atom. The topological polar surface area (TPSA) is 108 Å². The van der Waals surface area contributed by atoms with Gasteiger partial charge in [0.2, 0.25) is 5.91 Å². The maximum absolute atomic E-state index is 11.9. The lowest BCUT2D eigenvalue weighted by molar-refractivity contribution is -0.141. The van der Waals surface area contributed by atoms with Crippen molar-refractivity contribution in [3.8, 4) is 0 Å². The number of carboxylic acids is 1. The lowest BCUT2D eigenvalue weighted by Crippen LogP contribution is -2.45. The maximum Gasteiger partial charge on any atom is 0.326 e. The van der Waals surface area contributed by atoms with Gasteiger partial charge in [-0.15, -0.1) is 0 Å². The van der Waals surface area contributed by atoms with E-state index >= 15 is 0 Å². The number of carbonyl (C=O) groups is 3. The van der Waals surface area contributed by atoms with E-state index in [1.807, 2.05) is 20.8 Å². The van der Waals surface area contributed by atoms with E-state index in [0.717, 1.165) is 0 Å². The molecule has 0 spiro atoms. The van der Waals surface area contributed by atoms with E-state index in [9.17, 15) is 14.4 Å². The largest absolute Gasteiger partial charge is 0.480 e. The predicted molar refractivity (Wildman–Crippen MR) is 80.2 cm³/mol. The van der Waals surface area contributed by atoms with Crippen LogP contribution in [0.5, 0.6) is 0 Å². The van der Waals surface area contributed by atoms with Gasteiger partial charge in [-0.25, -0.2) is 4.79 Å². The molecular weight excluding hydrogens is 286 g/mol. The first-order valence-electron chi connectivity index (χ1n) is 6.89. The molecule has 22 heavy (non-hydrogen) atoms. The van der Waals surface area contributed by atoms with Crippen LogP contribution in [0.1, 0.15) is 37.6 Å². The van der Waals surface area contributed by atoms with Gasteiger partial charge in [-0.2, -0.15) is 0 Å². The third kappa shape index (κ3) is 6.34. The Morgan fingerprint density at radius 3 is 2.50 bits per heavy atom. The number of nitrogens with one attached hydrogen (secondary N) is 2. The van der Waals surface area contributed by atoms with Crippen LogP contribution in [0.15, 0.2) is 24.5 Å². The number of aromatic nitrogens is 1. The molecule has 1 aromatic heterocycles. The van der Waals surface area contributed by atoms with E-state index in [1.54, 1.807) is 6.07 Å². The number of hydrogen-bond donors (Lipinski definition) is 3. The highest BCUT2D eigenvalue weighted by Crippen LogP contribution is 2.10. The van der Waals surface area contributed by atoms with E-state index in [1.165, 1.54) is 18.5 Å². The molecule has 1 heterocycles. The van der Waals surface area contributed by atoms with Gasteiger partial charge in [-0.1, -0.05) is 20.8 Å². The minimum Gasteiger partial charge on any atom is -0.480 e. The Morgan fingerprint density at radius 1 is 1.32 bits per heavy atom. The molecule has 1 atom stereocenters. The van der Waals surface area contributed by atoms with E-state index in [2.05, 4.69) is 15.6 Å². The molecule has 0 aliphatic heterocycles. The molecule has 0 aliphatic rings. The second-order valence-corrected chi connectivity index (χ2v) is 6.15. The average Bonchev–Trinajstić information content (AvgIpc) is 2.44. The van der Waals surface area contributed by atoms with Crippen molar-refractivity contribution in [3.63, 3.8) is 0 Å². The van der Waals surface area contributed by atoms with Gasteiger partial charge in [-0.05, 0) is 17.5 Å². The van der Waals surface area contributed by atoms with Crippen LogP contribution in [0.3, 0.4) is 0 Å². The molecule has 0 aromatic carbocycles. The minimum atomic E-state index is -1.28. The van der Waals surface area contributed by atoms with Gasteiger partial charge in [0.05, 0.1) is 12.0 Å². The molecule has 0 radical (unpaired) electrons. The number of aliphatic carboxylic acids is 1. The van der Waals surface area contributed by atoms with E-state index in [0.29, 0.717) is 6.54 Å². The van der Waals surface area contributed by atoms with Crippen molar-refractivity contribution in [2.75, 3.05) is 6.54 Å². The second kappa shape index (κ2) is 7.53. The molecule has 1 rings (SSSR count). The summed E-state index contributed by atoms with van der Waals surface area (Å²) in [4.78, 5) is 38.7. The van der Waals surface area contributed by atoms with Gasteiger partial charge in [0.1, 0.15) is 6.04 Å². The third-order valence-electron chi connectivity index (χ3n) is 2.73. The van der Waals surface area contributed by atoms with Crippen LogP contribution < -0.4 is 10.6 Å². The molecule has 0 bridgehead atoms. The van der Waals surface area contributed by atoms with Gasteiger partial charge in [0.25, 0.3) is 5.91 Å². The normalized spacial score (nSPS) is 12.3. The summed E-state index contributed by atoms with van der Waals surface area (Å²) in [6, 6.07) is 1.80. The molecule has 0 aliphatic carbocycles. The number of nitrogens with zero attached hydrogens (tertiary/aromatic N) is 1. The van der Waals surface area contributed by atoms with Crippen molar-refractivity contribution < 1.29 is 19.5 Å².